The molecule has 0 aliphatic rings. The molecule has 0 aliphatic carbocycles. The van der Waals surface area contributed by atoms with Crippen LogP contribution in [-0.4, -0.2) is 24.2 Å². The van der Waals surface area contributed by atoms with E-state index in [-0.39, 0.29) is 17.9 Å². The molecule has 0 saturated heterocycles. The largest absolute Gasteiger partial charge is 0.396 e. The summed E-state index contributed by atoms with van der Waals surface area (Å²) < 4.78 is 0. The Kier molecular flexibility index (Phi) is 5.86. The Bertz CT molecular complexity index is 350. The van der Waals surface area contributed by atoms with Crippen LogP contribution in [0.2, 0.25) is 0 Å². The molecular weight excluding hydrogens is 226 g/mol. The van der Waals surface area contributed by atoms with Gasteiger partial charge in [-0.1, -0.05) is 44.2 Å². The van der Waals surface area contributed by atoms with Gasteiger partial charge < -0.3 is 10.4 Å². The number of benzene rings is 1. The second-order valence-electron chi connectivity index (χ2n) is 4.80. The summed E-state index contributed by atoms with van der Waals surface area (Å²) in [6.45, 7) is 4.75. The van der Waals surface area contributed by atoms with E-state index in [4.69, 9.17) is 0 Å². The number of aliphatic hydroxyl groups is 1. The molecule has 1 aromatic carbocycles. The molecule has 18 heavy (non-hydrogen) atoms. The van der Waals surface area contributed by atoms with Gasteiger partial charge in [-0.25, -0.2) is 0 Å². The van der Waals surface area contributed by atoms with E-state index in [2.05, 4.69) is 5.32 Å². The Morgan fingerprint density at radius 1 is 1.22 bits per heavy atom. The maximum absolute atomic E-state index is 11.8. The third-order valence-corrected chi connectivity index (χ3v) is 3.70. The van der Waals surface area contributed by atoms with Crippen LogP contribution in [-0.2, 0) is 11.2 Å². The van der Waals surface area contributed by atoms with E-state index in [1.54, 1.807) is 0 Å². The molecule has 0 fully saturated rings. The Balaban J connectivity index is 2.46. The fourth-order valence-corrected chi connectivity index (χ4v) is 1.91. The van der Waals surface area contributed by atoms with Gasteiger partial charge in [0.05, 0.1) is 13.0 Å². The van der Waals surface area contributed by atoms with Crippen LogP contribution >= 0.6 is 0 Å². The van der Waals surface area contributed by atoms with Crippen molar-refractivity contribution in [2.45, 2.75) is 33.1 Å². The molecule has 3 heteroatoms. The normalized spacial score (nSPS) is 11.3. The molecule has 3 nitrogen and oxygen atoms in total. The van der Waals surface area contributed by atoms with Crippen LogP contribution < -0.4 is 5.32 Å². The Labute approximate surface area is 109 Å². The molecule has 0 saturated carbocycles. The highest BCUT2D eigenvalue weighted by Crippen LogP contribution is 2.24. The highest BCUT2D eigenvalue weighted by atomic mass is 16.3. The van der Waals surface area contributed by atoms with Crippen molar-refractivity contribution in [3.63, 3.8) is 0 Å². The topological polar surface area (TPSA) is 49.3 Å². The Morgan fingerprint density at radius 2 is 1.83 bits per heavy atom. The number of hydrogen-bond donors (Lipinski definition) is 2. The molecule has 1 aromatic rings. The van der Waals surface area contributed by atoms with Gasteiger partial charge in [0, 0.05) is 12.0 Å². The molecule has 0 aliphatic heterocycles. The lowest BCUT2D eigenvalue weighted by Crippen LogP contribution is -2.39. The molecule has 0 spiro atoms. The first kappa shape index (κ1) is 14.7. The van der Waals surface area contributed by atoms with Crippen LogP contribution in [0.5, 0.6) is 0 Å². The van der Waals surface area contributed by atoms with E-state index in [0.717, 1.165) is 18.4 Å². The first-order valence-electron chi connectivity index (χ1n) is 6.57. The summed E-state index contributed by atoms with van der Waals surface area (Å²) >= 11 is 0. The van der Waals surface area contributed by atoms with Crippen LogP contribution in [0, 0.1) is 5.41 Å². The third kappa shape index (κ3) is 4.15. The molecule has 0 bridgehead atoms. The van der Waals surface area contributed by atoms with Crippen molar-refractivity contribution >= 4 is 5.91 Å². The number of rotatable bonds is 7. The lowest BCUT2D eigenvalue weighted by Gasteiger charge is -2.29. The van der Waals surface area contributed by atoms with Crippen LogP contribution in [0.1, 0.15) is 32.3 Å². The predicted molar refractivity (Wildman–Crippen MR) is 73.3 cm³/mol. The standard InChI is InChI=1S/C15H23NO2/c1-3-15(4-2,12-17)11-16-14(18)10-13-8-6-5-7-9-13/h5-9,17H,3-4,10-12H2,1-2H3,(H,16,18). The van der Waals surface area contributed by atoms with Crippen LogP contribution in [0.4, 0.5) is 0 Å². The smallest absolute Gasteiger partial charge is 0.224 e. The number of hydrogen-bond acceptors (Lipinski definition) is 2. The molecule has 2 N–H and O–H groups in total. The SMILES string of the molecule is CCC(CC)(CO)CNC(=O)Cc1ccccc1. The number of amides is 1. The second-order valence-corrected chi connectivity index (χ2v) is 4.80. The molecule has 0 unspecified atom stereocenters. The Hall–Kier alpha value is -1.35. The van der Waals surface area contributed by atoms with Gasteiger partial charge >= 0.3 is 0 Å². The van der Waals surface area contributed by atoms with Gasteiger partial charge in [0.1, 0.15) is 0 Å². The lowest BCUT2D eigenvalue weighted by molar-refractivity contribution is -0.121. The quantitative estimate of drug-likeness (QED) is 0.778. The van der Waals surface area contributed by atoms with Gasteiger partial charge in [0.25, 0.3) is 0 Å². The number of nitrogens with one attached hydrogen (secondary N) is 1. The first-order valence-corrected chi connectivity index (χ1v) is 6.57. The number of aliphatic hydroxyl groups excluding tert-OH is 1. The highest BCUT2D eigenvalue weighted by molar-refractivity contribution is 5.78. The zero-order valence-corrected chi connectivity index (χ0v) is 11.3. The zero-order chi connectivity index (χ0) is 13.4. The summed E-state index contributed by atoms with van der Waals surface area (Å²) in [5.41, 5.74) is 0.837. The first-order chi connectivity index (χ1) is 8.65. The van der Waals surface area contributed by atoms with Crippen molar-refractivity contribution in [3.05, 3.63) is 35.9 Å². The van der Waals surface area contributed by atoms with Crippen LogP contribution in [0.15, 0.2) is 30.3 Å². The predicted octanol–water partition coefficient (Wildman–Crippen LogP) is 2.14. The van der Waals surface area contributed by atoms with E-state index >= 15 is 0 Å². The molecule has 1 rings (SSSR count). The number of carbonyl (C=O) groups is 1. The summed E-state index contributed by atoms with van der Waals surface area (Å²) in [5, 5.41) is 12.4. The van der Waals surface area contributed by atoms with Gasteiger partial charge in [0.2, 0.25) is 5.91 Å². The summed E-state index contributed by atoms with van der Waals surface area (Å²) in [6.07, 6.45) is 2.13. The maximum Gasteiger partial charge on any atom is 0.224 e. The molecule has 0 atom stereocenters. The highest BCUT2D eigenvalue weighted by Gasteiger charge is 2.25. The maximum atomic E-state index is 11.8. The van der Waals surface area contributed by atoms with Gasteiger partial charge in [-0.3, -0.25) is 4.79 Å². The molecular formula is C15H23NO2. The van der Waals surface area contributed by atoms with E-state index in [1.165, 1.54) is 0 Å². The summed E-state index contributed by atoms with van der Waals surface area (Å²) in [6, 6.07) is 9.68. The van der Waals surface area contributed by atoms with E-state index < -0.39 is 0 Å². The van der Waals surface area contributed by atoms with Gasteiger partial charge in [-0.15, -0.1) is 0 Å². The van der Waals surface area contributed by atoms with Crippen molar-refractivity contribution in [1.82, 2.24) is 5.32 Å². The molecule has 100 valence electrons. The summed E-state index contributed by atoms with van der Waals surface area (Å²) in [7, 11) is 0. The minimum Gasteiger partial charge on any atom is -0.396 e. The monoisotopic (exact) mass is 249 g/mol. The third-order valence-electron chi connectivity index (χ3n) is 3.70. The molecule has 0 aromatic heterocycles. The zero-order valence-electron chi connectivity index (χ0n) is 11.3. The fraction of sp³-hybridized carbons (Fsp3) is 0.533. The van der Waals surface area contributed by atoms with Gasteiger partial charge in [-0.2, -0.15) is 0 Å². The minimum absolute atomic E-state index is 0.0147. The lowest BCUT2D eigenvalue weighted by atomic mass is 9.83. The molecule has 1 amide bonds. The summed E-state index contributed by atoms with van der Waals surface area (Å²) in [5.74, 6) is 0.0147. The van der Waals surface area contributed by atoms with Crippen LogP contribution in [0.3, 0.4) is 0 Å². The van der Waals surface area contributed by atoms with Crippen molar-refractivity contribution in [3.8, 4) is 0 Å². The van der Waals surface area contributed by atoms with Gasteiger partial charge in [0.15, 0.2) is 0 Å². The molecule has 0 heterocycles. The average molecular weight is 249 g/mol. The van der Waals surface area contributed by atoms with Gasteiger partial charge in [-0.05, 0) is 18.4 Å². The number of carbonyl (C=O) groups excluding carboxylic acids is 1. The van der Waals surface area contributed by atoms with Crippen molar-refractivity contribution in [2.75, 3.05) is 13.2 Å². The fourth-order valence-electron chi connectivity index (χ4n) is 1.91. The van der Waals surface area contributed by atoms with E-state index in [9.17, 15) is 9.90 Å². The van der Waals surface area contributed by atoms with Crippen molar-refractivity contribution in [1.29, 1.82) is 0 Å². The second kappa shape index (κ2) is 7.17. The van der Waals surface area contributed by atoms with E-state index in [1.807, 2.05) is 44.2 Å². The Morgan fingerprint density at radius 3 is 2.33 bits per heavy atom. The van der Waals surface area contributed by atoms with Crippen molar-refractivity contribution in [2.24, 2.45) is 5.41 Å². The summed E-state index contributed by atoms with van der Waals surface area (Å²) in [4.78, 5) is 11.8. The molecule has 0 radical (unpaired) electrons. The minimum atomic E-state index is -0.174. The van der Waals surface area contributed by atoms with E-state index in [0.29, 0.717) is 13.0 Å². The average Bonchev–Trinajstić information content (AvgIpc) is 2.42. The van der Waals surface area contributed by atoms with Crippen LogP contribution in [0.25, 0.3) is 0 Å². The van der Waals surface area contributed by atoms with Crippen molar-refractivity contribution < 1.29 is 9.90 Å².